The molecule has 0 radical (unpaired) electrons. The van der Waals surface area contributed by atoms with Crippen LogP contribution >= 0.6 is 0 Å². The van der Waals surface area contributed by atoms with Crippen LogP contribution in [0.4, 0.5) is 5.69 Å². The second-order valence-electron chi connectivity index (χ2n) is 5.67. The Morgan fingerprint density at radius 1 is 1.53 bits per heavy atom. The summed E-state index contributed by atoms with van der Waals surface area (Å²) in [4.78, 5) is 11.9. The highest BCUT2D eigenvalue weighted by atomic mass is 16.1. The summed E-state index contributed by atoms with van der Waals surface area (Å²) in [5.41, 5.74) is 8.50. The van der Waals surface area contributed by atoms with Crippen molar-refractivity contribution in [3.63, 3.8) is 0 Å². The molecule has 1 aromatic carbocycles. The van der Waals surface area contributed by atoms with Gasteiger partial charge in [0.2, 0.25) is 0 Å². The molecule has 0 bridgehead atoms. The van der Waals surface area contributed by atoms with Crippen molar-refractivity contribution < 1.29 is 4.79 Å². The van der Waals surface area contributed by atoms with Crippen LogP contribution in [0.5, 0.6) is 0 Å². The van der Waals surface area contributed by atoms with Crippen molar-refractivity contribution in [1.29, 1.82) is 0 Å². The smallest absolute Gasteiger partial charge is 0.251 e. The standard InChI is InChI=1S/C14H20N2O/c1-9-6-10(4-5-12(9)15)13(17)16-8-11-7-14(11,2)3/h4-6,11H,7-8,15H2,1-3H3,(H,16,17). The topological polar surface area (TPSA) is 55.1 Å². The predicted molar refractivity (Wildman–Crippen MR) is 69.8 cm³/mol. The molecule has 0 saturated heterocycles. The lowest BCUT2D eigenvalue weighted by Gasteiger charge is -2.08. The number of amides is 1. The molecular weight excluding hydrogens is 212 g/mol. The number of hydrogen-bond donors (Lipinski definition) is 2. The van der Waals surface area contributed by atoms with Crippen molar-refractivity contribution in [2.45, 2.75) is 27.2 Å². The van der Waals surface area contributed by atoms with Crippen LogP contribution in [-0.4, -0.2) is 12.5 Å². The summed E-state index contributed by atoms with van der Waals surface area (Å²) in [7, 11) is 0. The molecule has 1 unspecified atom stereocenters. The van der Waals surface area contributed by atoms with Crippen LogP contribution in [0.2, 0.25) is 0 Å². The molecule has 92 valence electrons. The summed E-state index contributed by atoms with van der Waals surface area (Å²) in [5.74, 6) is 0.622. The van der Waals surface area contributed by atoms with Gasteiger partial charge in [-0.05, 0) is 48.4 Å². The summed E-state index contributed by atoms with van der Waals surface area (Å²) in [5, 5.41) is 2.98. The fourth-order valence-electron chi connectivity index (χ4n) is 2.06. The predicted octanol–water partition coefficient (Wildman–Crippen LogP) is 2.35. The zero-order chi connectivity index (χ0) is 12.6. The van der Waals surface area contributed by atoms with Crippen LogP contribution in [0, 0.1) is 18.3 Å². The maximum Gasteiger partial charge on any atom is 0.251 e. The number of hydrogen-bond acceptors (Lipinski definition) is 2. The Hall–Kier alpha value is -1.51. The van der Waals surface area contributed by atoms with E-state index in [0.717, 1.165) is 17.8 Å². The Bertz CT molecular complexity index is 452. The molecule has 0 aliphatic heterocycles. The highest BCUT2D eigenvalue weighted by molar-refractivity contribution is 5.94. The maximum absolute atomic E-state index is 11.9. The molecule has 1 fully saturated rings. The van der Waals surface area contributed by atoms with Crippen LogP contribution in [0.15, 0.2) is 18.2 Å². The summed E-state index contributed by atoms with van der Waals surface area (Å²) < 4.78 is 0. The van der Waals surface area contributed by atoms with Gasteiger partial charge in [-0.25, -0.2) is 0 Å². The van der Waals surface area contributed by atoms with Gasteiger partial charge in [0.1, 0.15) is 0 Å². The van der Waals surface area contributed by atoms with Gasteiger partial charge >= 0.3 is 0 Å². The van der Waals surface area contributed by atoms with E-state index in [9.17, 15) is 4.79 Å². The highest BCUT2D eigenvalue weighted by Gasteiger charge is 2.45. The average Bonchev–Trinajstić information content (AvgIpc) is 2.87. The van der Waals surface area contributed by atoms with Gasteiger partial charge in [0.15, 0.2) is 0 Å². The Kier molecular flexibility index (Phi) is 2.86. The molecule has 1 aliphatic carbocycles. The van der Waals surface area contributed by atoms with E-state index in [-0.39, 0.29) is 5.91 Å². The number of nitrogens with one attached hydrogen (secondary N) is 1. The van der Waals surface area contributed by atoms with E-state index >= 15 is 0 Å². The minimum Gasteiger partial charge on any atom is -0.399 e. The molecule has 0 spiro atoms. The molecule has 1 aromatic rings. The first-order valence-electron chi connectivity index (χ1n) is 6.04. The van der Waals surface area contributed by atoms with Crippen LogP contribution in [0.25, 0.3) is 0 Å². The zero-order valence-electron chi connectivity index (χ0n) is 10.7. The molecule has 1 saturated carbocycles. The largest absolute Gasteiger partial charge is 0.399 e. The first kappa shape index (κ1) is 12.0. The molecule has 1 aliphatic rings. The Morgan fingerprint density at radius 3 is 2.71 bits per heavy atom. The fourth-order valence-corrected chi connectivity index (χ4v) is 2.06. The van der Waals surface area contributed by atoms with Gasteiger partial charge in [-0.1, -0.05) is 13.8 Å². The van der Waals surface area contributed by atoms with Gasteiger partial charge < -0.3 is 11.1 Å². The first-order chi connectivity index (χ1) is 7.90. The Labute approximate surface area is 102 Å². The van der Waals surface area contributed by atoms with Gasteiger partial charge in [-0.15, -0.1) is 0 Å². The van der Waals surface area contributed by atoms with Crippen molar-refractivity contribution in [3.05, 3.63) is 29.3 Å². The molecule has 0 aromatic heterocycles. The monoisotopic (exact) mass is 232 g/mol. The van der Waals surface area contributed by atoms with Gasteiger partial charge in [-0.2, -0.15) is 0 Å². The van der Waals surface area contributed by atoms with Gasteiger partial charge in [0, 0.05) is 17.8 Å². The minimum absolute atomic E-state index is 0.00389. The number of carbonyl (C=O) groups is 1. The zero-order valence-corrected chi connectivity index (χ0v) is 10.7. The lowest BCUT2D eigenvalue weighted by molar-refractivity contribution is 0.0950. The number of benzene rings is 1. The van der Waals surface area contributed by atoms with E-state index in [1.807, 2.05) is 13.0 Å². The molecule has 3 heteroatoms. The second kappa shape index (κ2) is 4.06. The van der Waals surface area contributed by atoms with Gasteiger partial charge in [0.25, 0.3) is 5.91 Å². The lowest BCUT2D eigenvalue weighted by atomic mass is 10.1. The van der Waals surface area contributed by atoms with Crippen LogP contribution < -0.4 is 11.1 Å². The number of nitrogen functional groups attached to an aromatic ring is 1. The normalized spacial score (nSPS) is 21.0. The summed E-state index contributed by atoms with van der Waals surface area (Å²) in [6, 6.07) is 5.39. The van der Waals surface area contributed by atoms with Crippen LogP contribution in [0.1, 0.15) is 36.2 Å². The van der Waals surface area contributed by atoms with E-state index in [1.54, 1.807) is 12.1 Å². The van der Waals surface area contributed by atoms with E-state index in [1.165, 1.54) is 6.42 Å². The van der Waals surface area contributed by atoms with Crippen molar-refractivity contribution in [2.24, 2.45) is 11.3 Å². The number of rotatable bonds is 3. The second-order valence-corrected chi connectivity index (χ2v) is 5.67. The number of anilines is 1. The summed E-state index contributed by atoms with van der Waals surface area (Å²) in [6.45, 7) is 7.15. The quantitative estimate of drug-likeness (QED) is 0.786. The minimum atomic E-state index is -0.00389. The van der Waals surface area contributed by atoms with E-state index in [4.69, 9.17) is 5.73 Å². The molecule has 2 rings (SSSR count). The summed E-state index contributed by atoms with van der Waals surface area (Å²) in [6.07, 6.45) is 1.20. The Balaban J connectivity index is 1.93. The first-order valence-corrected chi connectivity index (χ1v) is 6.04. The third-order valence-electron chi connectivity index (χ3n) is 3.76. The number of carbonyl (C=O) groups excluding carboxylic acids is 1. The fraction of sp³-hybridized carbons (Fsp3) is 0.500. The Morgan fingerprint density at radius 2 is 2.18 bits per heavy atom. The third-order valence-corrected chi connectivity index (χ3v) is 3.76. The molecule has 3 nitrogen and oxygen atoms in total. The average molecular weight is 232 g/mol. The number of nitrogens with two attached hydrogens (primary N) is 1. The number of aryl methyl sites for hydroxylation is 1. The highest BCUT2D eigenvalue weighted by Crippen LogP contribution is 2.50. The van der Waals surface area contributed by atoms with Crippen molar-refractivity contribution >= 4 is 11.6 Å². The van der Waals surface area contributed by atoms with Gasteiger partial charge in [-0.3, -0.25) is 4.79 Å². The van der Waals surface area contributed by atoms with E-state index in [0.29, 0.717) is 16.9 Å². The lowest BCUT2D eigenvalue weighted by Crippen LogP contribution is -2.26. The molecule has 3 N–H and O–H groups in total. The van der Waals surface area contributed by atoms with Crippen LogP contribution in [0.3, 0.4) is 0 Å². The van der Waals surface area contributed by atoms with Crippen molar-refractivity contribution in [1.82, 2.24) is 5.32 Å². The van der Waals surface area contributed by atoms with E-state index in [2.05, 4.69) is 19.2 Å². The molecule has 1 amide bonds. The molecule has 1 atom stereocenters. The van der Waals surface area contributed by atoms with Crippen molar-refractivity contribution in [3.8, 4) is 0 Å². The van der Waals surface area contributed by atoms with Crippen molar-refractivity contribution in [2.75, 3.05) is 12.3 Å². The SMILES string of the molecule is Cc1cc(C(=O)NCC2CC2(C)C)ccc1N. The molecule has 17 heavy (non-hydrogen) atoms. The van der Waals surface area contributed by atoms with E-state index < -0.39 is 0 Å². The maximum atomic E-state index is 11.9. The third kappa shape index (κ3) is 2.60. The molecule has 0 heterocycles. The molecular formula is C14H20N2O. The summed E-state index contributed by atoms with van der Waals surface area (Å²) >= 11 is 0. The van der Waals surface area contributed by atoms with Gasteiger partial charge in [0.05, 0.1) is 0 Å². The van der Waals surface area contributed by atoms with Crippen LogP contribution in [-0.2, 0) is 0 Å².